The Hall–Kier alpha value is -0.850. The molecular weight excluding hydrogens is 234 g/mol. The van der Waals surface area contributed by atoms with Crippen LogP contribution in [0, 0.1) is 0 Å². The van der Waals surface area contributed by atoms with Gasteiger partial charge in [0.1, 0.15) is 18.7 Å². The molecule has 0 unspecified atom stereocenters. The second-order valence-electron chi connectivity index (χ2n) is 5.86. The Morgan fingerprint density at radius 2 is 2.00 bits per heavy atom. The Labute approximate surface area is 109 Å². The number of carbonyl (C=O) groups excluding carboxylic acids is 1. The van der Waals surface area contributed by atoms with Crippen LogP contribution < -0.4 is 10.6 Å². The SMILES string of the molecule is CC(C)(C)OC(=O)N1CC[NH+](C[C@H](O)C[NH3+])CC1. The highest BCUT2D eigenvalue weighted by atomic mass is 16.6. The van der Waals surface area contributed by atoms with Crippen LogP contribution in [0.3, 0.4) is 0 Å². The average molecular weight is 261 g/mol. The van der Waals surface area contributed by atoms with Crippen molar-refractivity contribution in [2.45, 2.75) is 32.5 Å². The van der Waals surface area contributed by atoms with E-state index in [-0.39, 0.29) is 12.2 Å². The molecule has 0 radical (unpaired) electrons. The number of ether oxygens (including phenoxy) is 1. The number of nitrogens with one attached hydrogen (secondary N) is 1. The zero-order chi connectivity index (χ0) is 13.8. The number of amides is 1. The number of piperazine rings is 1. The fraction of sp³-hybridized carbons (Fsp3) is 0.917. The molecule has 0 bridgehead atoms. The van der Waals surface area contributed by atoms with Gasteiger partial charge in [-0.15, -0.1) is 0 Å². The second-order valence-corrected chi connectivity index (χ2v) is 5.86. The zero-order valence-electron chi connectivity index (χ0n) is 11.7. The van der Waals surface area contributed by atoms with Crippen molar-refractivity contribution < 1.29 is 25.3 Å². The van der Waals surface area contributed by atoms with Gasteiger partial charge in [-0.3, -0.25) is 4.90 Å². The van der Waals surface area contributed by atoms with Crippen LogP contribution in [-0.2, 0) is 4.74 Å². The van der Waals surface area contributed by atoms with Crippen molar-refractivity contribution in [3.63, 3.8) is 0 Å². The summed E-state index contributed by atoms with van der Waals surface area (Å²) in [6.07, 6.45) is -0.577. The fourth-order valence-corrected chi connectivity index (χ4v) is 1.97. The van der Waals surface area contributed by atoms with E-state index in [1.54, 1.807) is 4.90 Å². The maximum atomic E-state index is 11.8. The van der Waals surface area contributed by atoms with Gasteiger partial charge in [0.2, 0.25) is 0 Å². The van der Waals surface area contributed by atoms with Crippen LogP contribution in [0.1, 0.15) is 20.8 Å². The standard InChI is InChI=1S/C12H25N3O3/c1-12(2,3)18-11(17)15-6-4-14(5-7-15)9-10(16)8-13/h10,16H,4-9,13H2,1-3H3/p+2/t10-/m1/s1. The van der Waals surface area contributed by atoms with Crippen LogP contribution in [0.15, 0.2) is 0 Å². The van der Waals surface area contributed by atoms with E-state index < -0.39 is 5.60 Å². The molecule has 1 aliphatic rings. The highest BCUT2D eigenvalue weighted by Gasteiger charge is 2.28. The first-order valence-electron chi connectivity index (χ1n) is 6.60. The van der Waals surface area contributed by atoms with Crippen molar-refractivity contribution >= 4 is 6.09 Å². The molecule has 0 aliphatic carbocycles. The first-order chi connectivity index (χ1) is 8.31. The van der Waals surface area contributed by atoms with Gasteiger partial charge in [-0.25, -0.2) is 4.79 Å². The summed E-state index contributed by atoms with van der Waals surface area (Å²) in [7, 11) is 0. The van der Waals surface area contributed by atoms with E-state index in [9.17, 15) is 9.90 Å². The van der Waals surface area contributed by atoms with E-state index in [2.05, 4.69) is 5.73 Å². The van der Waals surface area contributed by atoms with Crippen molar-refractivity contribution in [2.75, 3.05) is 39.3 Å². The first kappa shape index (κ1) is 15.2. The molecule has 106 valence electrons. The average Bonchev–Trinajstić information content (AvgIpc) is 2.27. The molecule has 5 N–H and O–H groups in total. The summed E-state index contributed by atoms with van der Waals surface area (Å²) in [6, 6.07) is 0. The largest absolute Gasteiger partial charge is 0.444 e. The van der Waals surface area contributed by atoms with Crippen LogP contribution in [0.25, 0.3) is 0 Å². The lowest BCUT2D eigenvalue weighted by atomic mass is 10.2. The maximum absolute atomic E-state index is 11.8. The normalized spacial score (nSPS) is 19.7. The molecule has 1 atom stereocenters. The smallest absolute Gasteiger partial charge is 0.410 e. The Morgan fingerprint density at radius 1 is 1.44 bits per heavy atom. The van der Waals surface area contributed by atoms with Gasteiger partial charge in [-0.05, 0) is 20.8 Å². The van der Waals surface area contributed by atoms with E-state index in [1.807, 2.05) is 20.8 Å². The minimum Gasteiger partial charge on any atom is -0.444 e. The first-order valence-corrected chi connectivity index (χ1v) is 6.60. The molecule has 1 saturated heterocycles. The quantitative estimate of drug-likeness (QED) is 0.535. The number of carbonyl (C=O) groups is 1. The molecule has 6 nitrogen and oxygen atoms in total. The summed E-state index contributed by atoms with van der Waals surface area (Å²) in [4.78, 5) is 14.9. The van der Waals surface area contributed by atoms with Crippen molar-refractivity contribution in [1.82, 2.24) is 4.90 Å². The van der Waals surface area contributed by atoms with E-state index in [0.717, 1.165) is 13.1 Å². The van der Waals surface area contributed by atoms with Gasteiger partial charge >= 0.3 is 6.09 Å². The summed E-state index contributed by atoms with van der Waals surface area (Å²) in [5.74, 6) is 0. The number of nitrogens with zero attached hydrogens (tertiary/aromatic N) is 1. The Kier molecular flexibility index (Phi) is 5.37. The molecule has 1 rings (SSSR count). The van der Waals surface area contributed by atoms with Crippen LogP contribution in [0.4, 0.5) is 4.79 Å². The topological polar surface area (TPSA) is 81.8 Å². The third kappa shape index (κ3) is 5.20. The highest BCUT2D eigenvalue weighted by Crippen LogP contribution is 2.09. The van der Waals surface area contributed by atoms with E-state index in [1.165, 1.54) is 4.90 Å². The molecule has 1 fully saturated rings. The summed E-state index contributed by atoms with van der Waals surface area (Å²) in [5, 5.41) is 9.55. The molecule has 6 heteroatoms. The fourth-order valence-electron chi connectivity index (χ4n) is 1.97. The van der Waals surface area contributed by atoms with Crippen molar-refractivity contribution in [2.24, 2.45) is 0 Å². The Balaban J connectivity index is 2.33. The van der Waals surface area contributed by atoms with Crippen LogP contribution in [0.2, 0.25) is 0 Å². The van der Waals surface area contributed by atoms with Crippen LogP contribution in [0.5, 0.6) is 0 Å². The number of hydrogen-bond acceptors (Lipinski definition) is 3. The lowest BCUT2D eigenvalue weighted by molar-refractivity contribution is -0.907. The number of rotatable bonds is 3. The van der Waals surface area contributed by atoms with Gasteiger partial charge in [-0.2, -0.15) is 0 Å². The molecule has 0 aromatic rings. The predicted octanol–water partition coefficient (Wildman–Crippen LogP) is -2.28. The van der Waals surface area contributed by atoms with Crippen molar-refractivity contribution in [1.29, 1.82) is 0 Å². The minimum absolute atomic E-state index is 0.237. The van der Waals surface area contributed by atoms with Crippen molar-refractivity contribution in [3.05, 3.63) is 0 Å². The number of aliphatic hydroxyl groups excluding tert-OH is 1. The maximum Gasteiger partial charge on any atom is 0.410 e. The third-order valence-electron chi connectivity index (χ3n) is 2.98. The highest BCUT2D eigenvalue weighted by molar-refractivity contribution is 5.68. The zero-order valence-corrected chi connectivity index (χ0v) is 11.7. The van der Waals surface area contributed by atoms with Gasteiger partial charge in [0.15, 0.2) is 6.10 Å². The number of aliphatic hydroxyl groups is 1. The molecular formula is C12H27N3O3+2. The van der Waals surface area contributed by atoms with E-state index in [0.29, 0.717) is 26.2 Å². The van der Waals surface area contributed by atoms with Crippen LogP contribution >= 0.6 is 0 Å². The van der Waals surface area contributed by atoms with E-state index >= 15 is 0 Å². The van der Waals surface area contributed by atoms with Gasteiger partial charge < -0.3 is 20.5 Å². The minimum atomic E-state index is -0.439. The van der Waals surface area contributed by atoms with Gasteiger partial charge in [0.05, 0.1) is 26.2 Å². The Bertz CT molecular complexity index is 270. The summed E-state index contributed by atoms with van der Waals surface area (Å²) in [5.41, 5.74) is 3.25. The summed E-state index contributed by atoms with van der Waals surface area (Å²) in [6.45, 7) is 9.96. The molecule has 0 aromatic heterocycles. The Morgan fingerprint density at radius 3 is 2.44 bits per heavy atom. The van der Waals surface area contributed by atoms with Gasteiger partial charge in [-0.1, -0.05) is 0 Å². The molecule has 0 aromatic carbocycles. The molecule has 1 amide bonds. The van der Waals surface area contributed by atoms with Gasteiger partial charge in [0.25, 0.3) is 0 Å². The van der Waals surface area contributed by atoms with Crippen LogP contribution in [-0.4, -0.2) is 67.1 Å². The summed E-state index contributed by atoms with van der Waals surface area (Å²) >= 11 is 0. The van der Waals surface area contributed by atoms with Gasteiger partial charge in [0, 0.05) is 0 Å². The van der Waals surface area contributed by atoms with E-state index in [4.69, 9.17) is 4.74 Å². The molecule has 1 aliphatic heterocycles. The monoisotopic (exact) mass is 261 g/mol. The summed E-state index contributed by atoms with van der Waals surface area (Å²) < 4.78 is 5.33. The lowest BCUT2D eigenvalue weighted by Crippen LogP contribution is -3.16. The molecule has 0 saturated carbocycles. The van der Waals surface area contributed by atoms with Crippen molar-refractivity contribution in [3.8, 4) is 0 Å². The molecule has 0 spiro atoms. The second kappa shape index (κ2) is 6.36. The third-order valence-corrected chi connectivity index (χ3v) is 2.98. The molecule has 18 heavy (non-hydrogen) atoms. The number of quaternary nitrogens is 2. The lowest BCUT2D eigenvalue weighted by Gasteiger charge is -2.33. The number of hydrogen-bond donors (Lipinski definition) is 3. The molecule has 1 heterocycles. The predicted molar refractivity (Wildman–Crippen MR) is 67.1 cm³/mol.